The van der Waals surface area contributed by atoms with Gasteiger partial charge in [0, 0.05) is 6.42 Å². The van der Waals surface area contributed by atoms with Crippen molar-refractivity contribution in [3.8, 4) is 0 Å². The summed E-state index contributed by atoms with van der Waals surface area (Å²) in [5.41, 5.74) is 2.69. The topological polar surface area (TPSA) is 169 Å². The third kappa shape index (κ3) is 19.6. The molecule has 302 valence electrons. The highest BCUT2D eigenvalue weighted by Gasteiger charge is 2.44. The Balaban J connectivity index is 1.72. The monoisotopic (exact) mass is 738 g/mol. The summed E-state index contributed by atoms with van der Waals surface area (Å²) in [7, 11) is 0. The average Bonchev–Trinajstić information content (AvgIpc) is 3.14. The van der Waals surface area contributed by atoms with Crippen LogP contribution >= 0.6 is 0 Å². The normalized spacial score (nSPS) is 22.3. The lowest BCUT2D eigenvalue weighted by Gasteiger charge is -2.40. The number of amides is 1. The fourth-order valence-electron chi connectivity index (χ4n) is 6.97. The number of unbranched alkanes of at least 4 members (excludes halogenated alkanes) is 18. The maximum Gasteiger partial charge on any atom is 0.220 e. The smallest absolute Gasteiger partial charge is 0.220 e. The fraction of sp³-hybridized carbons (Fsp3) is 0.833. The molecule has 1 aromatic carbocycles. The van der Waals surface area contributed by atoms with E-state index in [9.17, 15) is 35.4 Å². The molecular formula is C42H75NO9. The Hall–Kier alpha value is -1.63. The van der Waals surface area contributed by atoms with Crippen molar-refractivity contribution in [3.63, 3.8) is 0 Å². The first-order valence-electron chi connectivity index (χ1n) is 20.8. The van der Waals surface area contributed by atoms with Gasteiger partial charge in [0.15, 0.2) is 6.29 Å². The molecule has 1 aromatic rings. The highest BCUT2D eigenvalue weighted by Crippen LogP contribution is 2.23. The first kappa shape index (κ1) is 46.5. The Morgan fingerprint density at radius 3 is 1.81 bits per heavy atom. The van der Waals surface area contributed by atoms with Crippen LogP contribution in [0.4, 0.5) is 0 Å². The van der Waals surface area contributed by atoms with Crippen LogP contribution in [-0.4, -0.2) is 98.7 Å². The molecule has 10 nitrogen and oxygen atoms in total. The van der Waals surface area contributed by atoms with Gasteiger partial charge in [-0.2, -0.15) is 0 Å². The number of aryl methyl sites for hydroxylation is 2. The molecule has 1 aliphatic heterocycles. The molecule has 1 fully saturated rings. The molecule has 1 aliphatic rings. The maximum atomic E-state index is 13.0. The van der Waals surface area contributed by atoms with Crippen molar-refractivity contribution in [1.29, 1.82) is 0 Å². The summed E-state index contributed by atoms with van der Waals surface area (Å²) in [6, 6.07) is 7.77. The van der Waals surface area contributed by atoms with Gasteiger partial charge in [-0.05, 0) is 38.2 Å². The third-order valence-corrected chi connectivity index (χ3v) is 10.5. The highest BCUT2D eigenvalue weighted by molar-refractivity contribution is 5.76. The number of carbonyl (C=O) groups is 1. The van der Waals surface area contributed by atoms with Gasteiger partial charge < -0.3 is 45.4 Å². The number of nitrogens with one attached hydrogen (secondary N) is 1. The summed E-state index contributed by atoms with van der Waals surface area (Å²) < 4.78 is 11.1. The number of hydrogen-bond acceptors (Lipinski definition) is 9. The molecule has 0 aromatic heterocycles. The Labute approximate surface area is 314 Å². The van der Waals surface area contributed by atoms with Gasteiger partial charge in [0.25, 0.3) is 0 Å². The highest BCUT2D eigenvalue weighted by atomic mass is 16.7. The molecule has 7 N–H and O–H groups in total. The third-order valence-electron chi connectivity index (χ3n) is 10.5. The van der Waals surface area contributed by atoms with Crippen LogP contribution in [0.15, 0.2) is 24.3 Å². The molecule has 0 spiro atoms. The van der Waals surface area contributed by atoms with E-state index in [0.29, 0.717) is 12.8 Å². The Morgan fingerprint density at radius 1 is 0.731 bits per heavy atom. The molecule has 1 amide bonds. The summed E-state index contributed by atoms with van der Waals surface area (Å²) in [5, 5.41) is 65.0. The maximum absolute atomic E-state index is 13.0. The fourth-order valence-corrected chi connectivity index (χ4v) is 6.97. The second-order valence-corrected chi connectivity index (χ2v) is 15.3. The van der Waals surface area contributed by atoms with Gasteiger partial charge in [-0.1, -0.05) is 152 Å². The number of aliphatic hydroxyl groups is 6. The molecule has 52 heavy (non-hydrogen) atoms. The lowest BCUT2D eigenvalue weighted by Crippen LogP contribution is -2.60. The van der Waals surface area contributed by atoms with Crippen LogP contribution in [0, 0.1) is 6.92 Å². The molecule has 10 heteroatoms. The van der Waals surface area contributed by atoms with Gasteiger partial charge in [0.1, 0.15) is 30.5 Å². The summed E-state index contributed by atoms with van der Waals surface area (Å²) in [6.07, 6.45) is 15.0. The van der Waals surface area contributed by atoms with Crippen molar-refractivity contribution < 1.29 is 44.9 Å². The number of aliphatic hydroxyl groups excluding tert-OH is 6. The number of ether oxygens (including phenoxy) is 2. The zero-order chi connectivity index (χ0) is 38.0. The SMILES string of the molecule is CCCCCCCCCCCCCC[C@@H](O)[C@@H](O)[C@H](CO[C@H]1OC(CO)[C@@H](O)[C@H](O)C1O)NC(=O)CCCCCCCCCCc1ccc(C)cc1. The van der Waals surface area contributed by atoms with E-state index in [1.165, 1.54) is 88.2 Å². The first-order valence-corrected chi connectivity index (χ1v) is 20.8. The van der Waals surface area contributed by atoms with Crippen LogP contribution in [0.5, 0.6) is 0 Å². The summed E-state index contributed by atoms with van der Waals surface area (Å²) in [5.74, 6) is -0.268. The summed E-state index contributed by atoms with van der Waals surface area (Å²) >= 11 is 0. The number of carbonyl (C=O) groups excluding carboxylic acids is 1. The predicted molar refractivity (Wildman–Crippen MR) is 206 cm³/mol. The number of rotatable bonds is 31. The zero-order valence-corrected chi connectivity index (χ0v) is 32.5. The zero-order valence-electron chi connectivity index (χ0n) is 32.5. The Morgan fingerprint density at radius 2 is 1.25 bits per heavy atom. The second kappa shape index (κ2) is 28.8. The number of benzene rings is 1. The van der Waals surface area contributed by atoms with Crippen molar-refractivity contribution in [2.75, 3.05) is 13.2 Å². The van der Waals surface area contributed by atoms with Crippen LogP contribution in [0.2, 0.25) is 0 Å². The van der Waals surface area contributed by atoms with Crippen molar-refractivity contribution in [3.05, 3.63) is 35.4 Å². The lowest BCUT2D eigenvalue weighted by atomic mass is 9.98. The van der Waals surface area contributed by atoms with E-state index in [1.807, 2.05) is 0 Å². The predicted octanol–water partition coefficient (Wildman–Crippen LogP) is 6.16. The minimum Gasteiger partial charge on any atom is -0.394 e. The quantitative estimate of drug-likeness (QED) is 0.0441. The average molecular weight is 738 g/mol. The van der Waals surface area contributed by atoms with Crippen molar-refractivity contribution >= 4 is 5.91 Å². The van der Waals surface area contributed by atoms with E-state index < -0.39 is 55.6 Å². The van der Waals surface area contributed by atoms with Crippen LogP contribution in [-0.2, 0) is 20.7 Å². The van der Waals surface area contributed by atoms with Crippen molar-refractivity contribution in [1.82, 2.24) is 5.32 Å². The Kier molecular flexibility index (Phi) is 25.7. The van der Waals surface area contributed by atoms with Gasteiger partial charge in [-0.3, -0.25) is 4.79 Å². The Bertz CT molecular complexity index is 1010. The molecule has 1 heterocycles. The molecule has 0 radical (unpaired) electrons. The van der Waals surface area contributed by atoms with Gasteiger partial charge >= 0.3 is 0 Å². The van der Waals surface area contributed by atoms with Gasteiger partial charge in [0.05, 0.1) is 25.4 Å². The van der Waals surface area contributed by atoms with Crippen LogP contribution < -0.4 is 5.32 Å². The molecule has 2 unspecified atom stereocenters. The molecule has 2 rings (SSSR count). The van der Waals surface area contributed by atoms with E-state index in [4.69, 9.17) is 9.47 Å². The largest absolute Gasteiger partial charge is 0.394 e. The molecule has 0 saturated carbocycles. The van der Waals surface area contributed by atoms with E-state index in [2.05, 4.69) is 43.4 Å². The minimum atomic E-state index is -1.61. The van der Waals surface area contributed by atoms with E-state index in [1.54, 1.807) is 0 Å². The van der Waals surface area contributed by atoms with E-state index in [0.717, 1.165) is 51.4 Å². The van der Waals surface area contributed by atoms with Crippen LogP contribution in [0.25, 0.3) is 0 Å². The first-order chi connectivity index (χ1) is 25.2. The summed E-state index contributed by atoms with van der Waals surface area (Å²) in [4.78, 5) is 13.0. The number of hydrogen-bond donors (Lipinski definition) is 7. The minimum absolute atomic E-state index is 0.268. The van der Waals surface area contributed by atoms with E-state index >= 15 is 0 Å². The van der Waals surface area contributed by atoms with Crippen LogP contribution in [0.3, 0.4) is 0 Å². The molecule has 8 atom stereocenters. The molecule has 1 saturated heterocycles. The standard InChI is InChI=1S/C42H75NO9/c1-3-4-5-6-7-8-9-10-11-15-18-21-24-35(45)38(47)34(31-51-42-41(50)40(49)39(48)36(30-44)52-42)43-37(46)25-22-19-16-13-12-14-17-20-23-33-28-26-32(2)27-29-33/h26-29,34-36,38-42,44-45,47-50H,3-25,30-31H2,1-2H3,(H,43,46)/t34-,35+,36?,38-,39+,40-,41?,42-/m0/s1. The second-order valence-electron chi connectivity index (χ2n) is 15.3. The van der Waals surface area contributed by atoms with Crippen molar-refractivity contribution in [2.24, 2.45) is 0 Å². The van der Waals surface area contributed by atoms with Gasteiger partial charge in [-0.15, -0.1) is 0 Å². The molecule has 0 aliphatic carbocycles. The summed E-state index contributed by atoms with van der Waals surface area (Å²) in [6.45, 7) is 3.43. The van der Waals surface area contributed by atoms with Crippen molar-refractivity contribution in [2.45, 2.75) is 210 Å². The van der Waals surface area contributed by atoms with Gasteiger partial charge in [0.2, 0.25) is 5.91 Å². The van der Waals surface area contributed by atoms with Crippen LogP contribution in [0.1, 0.15) is 159 Å². The van der Waals surface area contributed by atoms with Gasteiger partial charge in [-0.25, -0.2) is 0 Å². The lowest BCUT2D eigenvalue weighted by molar-refractivity contribution is -0.303. The van der Waals surface area contributed by atoms with E-state index in [-0.39, 0.29) is 18.9 Å². The molecule has 0 bridgehead atoms. The molecular weight excluding hydrogens is 662 g/mol.